The molecular formula is C15H24N2. The summed E-state index contributed by atoms with van der Waals surface area (Å²) in [6.45, 7) is 8.55. The van der Waals surface area contributed by atoms with Crippen molar-refractivity contribution in [2.24, 2.45) is 11.7 Å². The monoisotopic (exact) mass is 232 g/mol. The fourth-order valence-corrected chi connectivity index (χ4v) is 2.70. The summed E-state index contributed by atoms with van der Waals surface area (Å²) in [7, 11) is 0. The van der Waals surface area contributed by atoms with Crippen LogP contribution in [0.5, 0.6) is 0 Å². The summed E-state index contributed by atoms with van der Waals surface area (Å²) in [6, 6.07) is 9.01. The molecule has 1 saturated heterocycles. The Balaban J connectivity index is 2.12. The van der Waals surface area contributed by atoms with E-state index in [1.165, 1.54) is 11.1 Å². The number of hydrogen-bond acceptors (Lipinski definition) is 2. The van der Waals surface area contributed by atoms with Crippen LogP contribution in [0, 0.1) is 5.92 Å². The van der Waals surface area contributed by atoms with Crippen molar-refractivity contribution in [1.29, 1.82) is 0 Å². The Morgan fingerprint density at radius 1 is 1.35 bits per heavy atom. The molecule has 1 aromatic carbocycles. The summed E-state index contributed by atoms with van der Waals surface area (Å²) in [6.07, 6.45) is 1.16. The zero-order chi connectivity index (χ0) is 12.5. The first kappa shape index (κ1) is 12.6. The first-order chi connectivity index (χ1) is 7.99. The SMILES string of the molecule is CC(C)Cc1ccc([C@H]2CNC[C@]2(C)N)cc1. The molecule has 17 heavy (non-hydrogen) atoms. The van der Waals surface area contributed by atoms with Gasteiger partial charge in [0.25, 0.3) is 0 Å². The van der Waals surface area contributed by atoms with E-state index in [1.807, 2.05) is 0 Å². The molecule has 2 atom stereocenters. The highest BCUT2D eigenvalue weighted by Gasteiger charge is 2.35. The molecule has 3 N–H and O–H groups in total. The second-order valence-corrected chi connectivity index (χ2v) is 6.03. The largest absolute Gasteiger partial charge is 0.324 e. The fourth-order valence-electron chi connectivity index (χ4n) is 2.70. The lowest BCUT2D eigenvalue weighted by atomic mass is 9.84. The molecule has 1 aliphatic heterocycles. The number of hydrogen-bond donors (Lipinski definition) is 2. The van der Waals surface area contributed by atoms with Crippen LogP contribution in [0.15, 0.2) is 24.3 Å². The van der Waals surface area contributed by atoms with E-state index in [9.17, 15) is 0 Å². The summed E-state index contributed by atoms with van der Waals surface area (Å²) >= 11 is 0. The van der Waals surface area contributed by atoms with Crippen LogP contribution in [-0.4, -0.2) is 18.6 Å². The fraction of sp³-hybridized carbons (Fsp3) is 0.600. The third kappa shape index (κ3) is 2.88. The van der Waals surface area contributed by atoms with E-state index >= 15 is 0 Å². The van der Waals surface area contributed by atoms with Crippen molar-refractivity contribution in [1.82, 2.24) is 5.32 Å². The second kappa shape index (κ2) is 4.79. The Hall–Kier alpha value is -0.860. The van der Waals surface area contributed by atoms with Gasteiger partial charge in [-0.2, -0.15) is 0 Å². The van der Waals surface area contributed by atoms with Crippen molar-refractivity contribution in [3.05, 3.63) is 35.4 Å². The molecule has 0 bridgehead atoms. The molecule has 2 heteroatoms. The van der Waals surface area contributed by atoms with E-state index in [-0.39, 0.29) is 5.54 Å². The van der Waals surface area contributed by atoms with Crippen molar-refractivity contribution in [3.63, 3.8) is 0 Å². The number of nitrogens with two attached hydrogens (primary N) is 1. The predicted octanol–water partition coefficient (Wildman–Crippen LogP) is 2.29. The quantitative estimate of drug-likeness (QED) is 0.839. The molecule has 94 valence electrons. The van der Waals surface area contributed by atoms with Gasteiger partial charge in [-0.1, -0.05) is 38.1 Å². The molecule has 1 aromatic rings. The molecular weight excluding hydrogens is 208 g/mol. The molecule has 1 aliphatic rings. The normalized spacial score (nSPS) is 28.9. The molecule has 0 aromatic heterocycles. The minimum Gasteiger partial charge on any atom is -0.324 e. The average molecular weight is 232 g/mol. The van der Waals surface area contributed by atoms with Crippen LogP contribution in [0.4, 0.5) is 0 Å². The Kier molecular flexibility index (Phi) is 3.55. The van der Waals surface area contributed by atoms with Gasteiger partial charge >= 0.3 is 0 Å². The Bertz CT molecular complexity index is 365. The topological polar surface area (TPSA) is 38.0 Å². The molecule has 1 fully saturated rings. The van der Waals surface area contributed by atoms with Crippen molar-refractivity contribution in [2.75, 3.05) is 13.1 Å². The summed E-state index contributed by atoms with van der Waals surface area (Å²) in [5.74, 6) is 1.16. The van der Waals surface area contributed by atoms with Crippen molar-refractivity contribution >= 4 is 0 Å². The maximum Gasteiger partial charge on any atom is 0.0333 e. The smallest absolute Gasteiger partial charge is 0.0333 e. The van der Waals surface area contributed by atoms with Crippen molar-refractivity contribution < 1.29 is 0 Å². The van der Waals surface area contributed by atoms with Crippen LogP contribution in [0.1, 0.15) is 37.8 Å². The standard InChI is InChI=1S/C15H24N2/c1-11(2)8-12-4-6-13(7-5-12)14-9-17-10-15(14,3)16/h4-7,11,14,17H,8-10,16H2,1-3H3/t14-,15+/m1/s1. The van der Waals surface area contributed by atoms with Crippen LogP contribution in [-0.2, 0) is 6.42 Å². The number of nitrogens with one attached hydrogen (secondary N) is 1. The molecule has 0 radical (unpaired) electrons. The minimum atomic E-state index is -0.112. The van der Waals surface area contributed by atoms with Gasteiger partial charge in [-0.25, -0.2) is 0 Å². The van der Waals surface area contributed by atoms with E-state index in [1.54, 1.807) is 0 Å². The average Bonchev–Trinajstić information content (AvgIpc) is 2.58. The second-order valence-electron chi connectivity index (χ2n) is 6.03. The van der Waals surface area contributed by atoms with E-state index in [0.29, 0.717) is 11.8 Å². The van der Waals surface area contributed by atoms with Crippen LogP contribution in [0.3, 0.4) is 0 Å². The van der Waals surface area contributed by atoms with Gasteiger partial charge in [-0.05, 0) is 30.4 Å². The molecule has 0 amide bonds. The highest BCUT2D eigenvalue weighted by Crippen LogP contribution is 2.29. The van der Waals surface area contributed by atoms with Gasteiger partial charge < -0.3 is 11.1 Å². The van der Waals surface area contributed by atoms with Crippen molar-refractivity contribution in [2.45, 2.75) is 38.6 Å². The predicted molar refractivity (Wildman–Crippen MR) is 73.2 cm³/mol. The first-order valence-corrected chi connectivity index (χ1v) is 6.57. The summed E-state index contributed by atoms with van der Waals surface area (Å²) < 4.78 is 0. The highest BCUT2D eigenvalue weighted by atomic mass is 15.0. The zero-order valence-corrected chi connectivity index (χ0v) is 11.2. The summed E-state index contributed by atoms with van der Waals surface area (Å²) in [5, 5.41) is 3.38. The van der Waals surface area contributed by atoms with Gasteiger partial charge in [-0.15, -0.1) is 0 Å². The number of rotatable bonds is 3. The molecule has 2 rings (SSSR count). The van der Waals surface area contributed by atoms with Gasteiger partial charge in [0.15, 0.2) is 0 Å². The lowest BCUT2D eigenvalue weighted by molar-refractivity contribution is 0.462. The maximum atomic E-state index is 6.31. The molecule has 0 saturated carbocycles. The van der Waals surface area contributed by atoms with E-state index in [2.05, 4.69) is 50.4 Å². The Morgan fingerprint density at radius 2 is 2.00 bits per heavy atom. The van der Waals surface area contributed by atoms with Crippen LogP contribution in [0.25, 0.3) is 0 Å². The van der Waals surface area contributed by atoms with E-state index < -0.39 is 0 Å². The summed E-state index contributed by atoms with van der Waals surface area (Å²) in [5.41, 5.74) is 8.99. The molecule has 0 spiro atoms. The molecule has 0 unspecified atom stereocenters. The zero-order valence-electron chi connectivity index (χ0n) is 11.2. The summed E-state index contributed by atoms with van der Waals surface area (Å²) in [4.78, 5) is 0. The van der Waals surface area contributed by atoms with E-state index in [0.717, 1.165) is 19.5 Å². The van der Waals surface area contributed by atoms with Crippen LogP contribution < -0.4 is 11.1 Å². The molecule has 0 aliphatic carbocycles. The molecule has 1 heterocycles. The van der Waals surface area contributed by atoms with Gasteiger partial charge in [0, 0.05) is 24.5 Å². The van der Waals surface area contributed by atoms with Crippen molar-refractivity contribution in [3.8, 4) is 0 Å². The van der Waals surface area contributed by atoms with Gasteiger partial charge in [0.1, 0.15) is 0 Å². The lowest BCUT2D eigenvalue weighted by Crippen LogP contribution is -2.42. The van der Waals surface area contributed by atoms with Crippen LogP contribution in [0.2, 0.25) is 0 Å². The van der Waals surface area contributed by atoms with Gasteiger partial charge in [-0.3, -0.25) is 0 Å². The van der Waals surface area contributed by atoms with Crippen LogP contribution >= 0.6 is 0 Å². The lowest BCUT2D eigenvalue weighted by Gasteiger charge is -2.26. The Labute approximate surface area is 105 Å². The number of benzene rings is 1. The Morgan fingerprint density at radius 3 is 2.47 bits per heavy atom. The van der Waals surface area contributed by atoms with Gasteiger partial charge in [0.2, 0.25) is 0 Å². The van der Waals surface area contributed by atoms with Gasteiger partial charge in [0.05, 0.1) is 0 Å². The third-order valence-corrected chi connectivity index (χ3v) is 3.68. The molecule has 2 nitrogen and oxygen atoms in total. The van der Waals surface area contributed by atoms with E-state index in [4.69, 9.17) is 5.73 Å². The first-order valence-electron chi connectivity index (χ1n) is 6.57. The minimum absolute atomic E-state index is 0.112. The third-order valence-electron chi connectivity index (χ3n) is 3.68. The maximum absolute atomic E-state index is 6.31. The highest BCUT2D eigenvalue weighted by molar-refractivity contribution is 5.30.